The minimum atomic E-state index is -0.244. The zero-order valence-electron chi connectivity index (χ0n) is 12.0. The number of rotatable bonds is 9. The molecule has 1 aromatic carbocycles. The van der Waals surface area contributed by atoms with Crippen molar-refractivity contribution in [2.24, 2.45) is 0 Å². The van der Waals surface area contributed by atoms with Crippen LogP contribution in [-0.4, -0.2) is 26.9 Å². The maximum absolute atomic E-state index is 13.8. The summed E-state index contributed by atoms with van der Waals surface area (Å²) in [5.41, 5.74) is 0.647. The summed E-state index contributed by atoms with van der Waals surface area (Å²) in [7, 11) is 1.81. The summed E-state index contributed by atoms with van der Waals surface area (Å²) in [6, 6.07) is 4.96. The quantitative estimate of drug-likeness (QED) is 0.698. The van der Waals surface area contributed by atoms with Gasteiger partial charge in [0.1, 0.15) is 18.2 Å². The van der Waals surface area contributed by atoms with E-state index in [1.54, 1.807) is 12.1 Å². The second-order valence-corrected chi connectivity index (χ2v) is 4.51. The van der Waals surface area contributed by atoms with Gasteiger partial charge in [0.05, 0.1) is 6.61 Å². The first-order valence-corrected chi connectivity index (χ1v) is 6.86. The number of nitrogens with one attached hydrogen (secondary N) is 1. The van der Waals surface area contributed by atoms with Crippen molar-refractivity contribution in [3.8, 4) is 5.75 Å². The Morgan fingerprint density at radius 1 is 1.26 bits per heavy atom. The van der Waals surface area contributed by atoms with Gasteiger partial charge in [0.15, 0.2) is 0 Å². The van der Waals surface area contributed by atoms with E-state index >= 15 is 0 Å². The molecule has 0 amide bonds. The van der Waals surface area contributed by atoms with Gasteiger partial charge < -0.3 is 14.8 Å². The zero-order chi connectivity index (χ0) is 14.1. The summed E-state index contributed by atoms with van der Waals surface area (Å²) in [6.07, 6.45) is 2.18. The van der Waals surface area contributed by atoms with Crippen molar-refractivity contribution in [2.75, 3.05) is 26.9 Å². The van der Waals surface area contributed by atoms with Gasteiger partial charge in [-0.3, -0.25) is 0 Å². The molecule has 0 radical (unpaired) electrons. The molecule has 0 saturated heterocycles. The molecule has 0 aromatic heterocycles. The van der Waals surface area contributed by atoms with Crippen molar-refractivity contribution in [1.29, 1.82) is 0 Å². The molecule has 0 heterocycles. The highest BCUT2D eigenvalue weighted by Gasteiger charge is 2.09. The fourth-order valence-electron chi connectivity index (χ4n) is 1.67. The first-order valence-electron chi connectivity index (χ1n) is 6.86. The largest absolute Gasteiger partial charge is 0.491 e. The Balaban J connectivity index is 2.37. The Labute approximate surface area is 115 Å². The molecule has 1 aromatic rings. The molecular formula is C15H24FNO2. The molecule has 19 heavy (non-hydrogen) atoms. The van der Waals surface area contributed by atoms with Crippen molar-refractivity contribution in [1.82, 2.24) is 5.32 Å². The van der Waals surface area contributed by atoms with Gasteiger partial charge in [-0.15, -0.1) is 0 Å². The number of ether oxygens (including phenoxy) is 2. The fraction of sp³-hybridized carbons (Fsp3) is 0.600. The second kappa shape index (κ2) is 8.88. The monoisotopic (exact) mass is 269 g/mol. The first-order chi connectivity index (χ1) is 9.19. The van der Waals surface area contributed by atoms with E-state index < -0.39 is 0 Å². The van der Waals surface area contributed by atoms with Crippen molar-refractivity contribution >= 4 is 0 Å². The summed E-state index contributed by atoms with van der Waals surface area (Å²) in [4.78, 5) is 0. The standard InChI is InChI=1S/C15H24FNO2/c1-4-5-8-18-9-10-19-13-6-7-14(12(2)17-3)15(16)11-13/h6-7,11-12,17H,4-5,8-10H2,1-3H3. The van der Waals surface area contributed by atoms with Gasteiger partial charge in [-0.25, -0.2) is 4.39 Å². The molecule has 0 aliphatic rings. The number of unbranched alkanes of at least 4 members (excludes halogenated alkanes) is 1. The number of hydrogen-bond donors (Lipinski definition) is 1. The number of benzene rings is 1. The van der Waals surface area contributed by atoms with E-state index in [2.05, 4.69) is 12.2 Å². The van der Waals surface area contributed by atoms with Crippen LogP contribution in [-0.2, 0) is 4.74 Å². The lowest BCUT2D eigenvalue weighted by atomic mass is 10.1. The molecule has 1 rings (SSSR count). The van der Waals surface area contributed by atoms with Gasteiger partial charge >= 0.3 is 0 Å². The Kier molecular flexibility index (Phi) is 7.45. The highest BCUT2D eigenvalue weighted by atomic mass is 19.1. The topological polar surface area (TPSA) is 30.5 Å². The second-order valence-electron chi connectivity index (χ2n) is 4.51. The molecule has 108 valence electrons. The minimum Gasteiger partial charge on any atom is -0.491 e. The SMILES string of the molecule is CCCCOCCOc1ccc(C(C)NC)c(F)c1. The molecule has 1 N–H and O–H groups in total. The molecule has 0 fully saturated rings. The van der Waals surface area contributed by atoms with E-state index in [0.717, 1.165) is 19.4 Å². The maximum atomic E-state index is 13.8. The Morgan fingerprint density at radius 3 is 2.68 bits per heavy atom. The van der Waals surface area contributed by atoms with Gasteiger partial charge in [0.2, 0.25) is 0 Å². The van der Waals surface area contributed by atoms with Crippen LogP contribution in [0.2, 0.25) is 0 Å². The average molecular weight is 269 g/mol. The molecule has 0 saturated carbocycles. The van der Waals surface area contributed by atoms with Gasteiger partial charge in [-0.1, -0.05) is 19.4 Å². The molecule has 0 aliphatic carbocycles. The summed E-state index contributed by atoms with van der Waals surface area (Å²) < 4.78 is 24.6. The van der Waals surface area contributed by atoms with E-state index in [1.807, 2.05) is 14.0 Å². The molecule has 3 nitrogen and oxygen atoms in total. The van der Waals surface area contributed by atoms with Gasteiger partial charge in [-0.2, -0.15) is 0 Å². The molecule has 1 atom stereocenters. The van der Waals surface area contributed by atoms with Crippen molar-refractivity contribution < 1.29 is 13.9 Å². The molecule has 1 unspecified atom stereocenters. The Hall–Kier alpha value is -1.13. The van der Waals surface area contributed by atoms with Gasteiger partial charge in [-0.05, 0) is 26.5 Å². The van der Waals surface area contributed by atoms with Crippen LogP contribution in [0.25, 0.3) is 0 Å². The van der Waals surface area contributed by atoms with Crippen molar-refractivity contribution in [3.05, 3.63) is 29.6 Å². The van der Waals surface area contributed by atoms with E-state index in [-0.39, 0.29) is 11.9 Å². The van der Waals surface area contributed by atoms with Crippen LogP contribution in [0, 0.1) is 5.82 Å². The third kappa shape index (κ3) is 5.57. The molecule has 0 bridgehead atoms. The zero-order valence-corrected chi connectivity index (χ0v) is 12.0. The normalized spacial score (nSPS) is 12.4. The molecule has 0 spiro atoms. The summed E-state index contributed by atoms with van der Waals surface area (Å²) in [6.45, 7) is 5.78. The smallest absolute Gasteiger partial charge is 0.131 e. The van der Waals surface area contributed by atoms with Crippen LogP contribution in [0.4, 0.5) is 4.39 Å². The lowest BCUT2D eigenvalue weighted by Gasteiger charge is -2.13. The average Bonchev–Trinajstić information content (AvgIpc) is 2.42. The van der Waals surface area contributed by atoms with Gasteiger partial charge in [0.25, 0.3) is 0 Å². The van der Waals surface area contributed by atoms with Crippen LogP contribution in [0.15, 0.2) is 18.2 Å². The Morgan fingerprint density at radius 2 is 2.05 bits per heavy atom. The van der Waals surface area contributed by atoms with Crippen LogP contribution >= 0.6 is 0 Å². The lowest BCUT2D eigenvalue weighted by molar-refractivity contribution is 0.0979. The minimum absolute atomic E-state index is 0.00794. The van der Waals surface area contributed by atoms with Crippen molar-refractivity contribution in [3.63, 3.8) is 0 Å². The number of hydrogen-bond acceptors (Lipinski definition) is 3. The van der Waals surface area contributed by atoms with E-state index in [4.69, 9.17) is 9.47 Å². The summed E-state index contributed by atoms with van der Waals surface area (Å²) in [5, 5.41) is 3.01. The van der Waals surface area contributed by atoms with Crippen molar-refractivity contribution in [2.45, 2.75) is 32.7 Å². The predicted octanol–water partition coefficient (Wildman–Crippen LogP) is 3.30. The molecule has 0 aliphatic heterocycles. The predicted molar refractivity (Wildman–Crippen MR) is 75.1 cm³/mol. The van der Waals surface area contributed by atoms with Crippen LogP contribution in [0.5, 0.6) is 5.75 Å². The van der Waals surface area contributed by atoms with E-state index in [9.17, 15) is 4.39 Å². The Bertz CT molecular complexity index is 371. The highest BCUT2D eigenvalue weighted by Crippen LogP contribution is 2.21. The number of halogens is 1. The molecule has 4 heteroatoms. The van der Waals surface area contributed by atoms with E-state index in [1.165, 1.54) is 6.07 Å². The lowest BCUT2D eigenvalue weighted by Crippen LogP contribution is -2.14. The highest BCUT2D eigenvalue weighted by molar-refractivity contribution is 5.30. The molecular weight excluding hydrogens is 245 g/mol. The summed E-state index contributed by atoms with van der Waals surface area (Å²) in [5.74, 6) is 0.301. The van der Waals surface area contributed by atoms with E-state index in [0.29, 0.717) is 24.5 Å². The van der Waals surface area contributed by atoms with Crippen LogP contribution in [0.3, 0.4) is 0 Å². The third-order valence-corrected chi connectivity index (χ3v) is 3.01. The summed E-state index contributed by atoms with van der Waals surface area (Å²) >= 11 is 0. The van der Waals surface area contributed by atoms with Crippen LogP contribution < -0.4 is 10.1 Å². The fourth-order valence-corrected chi connectivity index (χ4v) is 1.67. The first kappa shape index (κ1) is 15.9. The third-order valence-electron chi connectivity index (χ3n) is 3.01. The van der Waals surface area contributed by atoms with Gasteiger partial charge in [0, 0.05) is 24.3 Å². The maximum Gasteiger partial charge on any atom is 0.131 e. The van der Waals surface area contributed by atoms with Crippen LogP contribution in [0.1, 0.15) is 38.3 Å².